The van der Waals surface area contributed by atoms with Gasteiger partial charge in [-0.1, -0.05) is 13.8 Å². The first-order valence-corrected chi connectivity index (χ1v) is 8.40. The van der Waals surface area contributed by atoms with E-state index in [1.54, 1.807) is 25.3 Å². The largest absolute Gasteiger partial charge is 0.497 e. The average molecular weight is 300 g/mol. The highest BCUT2D eigenvalue weighted by molar-refractivity contribution is 7.89. The van der Waals surface area contributed by atoms with Gasteiger partial charge in [0, 0.05) is 6.54 Å². The van der Waals surface area contributed by atoms with Gasteiger partial charge in [-0.25, -0.2) is 13.1 Å². The molecule has 2 N–H and O–H groups in total. The fourth-order valence-corrected chi connectivity index (χ4v) is 3.24. The minimum atomic E-state index is -3.45. The normalized spacial score (nSPS) is 11.6. The SMILES string of the molecule is CCCNS(=O)(=O)c1ccc(OC)cc1CCNCC. The van der Waals surface area contributed by atoms with Crippen molar-refractivity contribution in [3.8, 4) is 5.75 Å². The van der Waals surface area contributed by atoms with Crippen molar-refractivity contribution in [1.29, 1.82) is 0 Å². The van der Waals surface area contributed by atoms with Gasteiger partial charge in [-0.05, 0) is 49.7 Å². The molecule has 0 radical (unpaired) electrons. The summed E-state index contributed by atoms with van der Waals surface area (Å²) in [6.45, 7) is 6.00. The lowest BCUT2D eigenvalue weighted by molar-refractivity contribution is 0.413. The van der Waals surface area contributed by atoms with Crippen LogP contribution in [0.2, 0.25) is 0 Å². The van der Waals surface area contributed by atoms with E-state index in [0.717, 1.165) is 25.1 Å². The Labute approximate surface area is 121 Å². The van der Waals surface area contributed by atoms with E-state index in [4.69, 9.17) is 4.74 Å². The predicted molar refractivity (Wildman–Crippen MR) is 80.7 cm³/mol. The van der Waals surface area contributed by atoms with Crippen molar-refractivity contribution in [2.45, 2.75) is 31.6 Å². The third kappa shape index (κ3) is 4.77. The molecule has 114 valence electrons. The van der Waals surface area contributed by atoms with E-state index < -0.39 is 10.0 Å². The van der Waals surface area contributed by atoms with Gasteiger partial charge in [-0.3, -0.25) is 0 Å². The Morgan fingerprint density at radius 3 is 2.55 bits per heavy atom. The number of nitrogens with one attached hydrogen (secondary N) is 2. The zero-order valence-electron chi connectivity index (χ0n) is 12.4. The molecular weight excluding hydrogens is 276 g/mol. The Kier molecular flexibility index (Phi) is 6.98. The molecule has 5 nitrogen and oxygen atoms in total. The highest BCUT2D eigenvalue weighted by Crippen LogP contribution is 2.22. The Balaban J connectivity index is 3.04. The summed E-state index contributed by atoms with van der Waals surface area (Å²) in [6, 6.07) is 5.08. The quantitative estimate of drug-likeness (QED) is 0.679. The first kappa shape index (κ1) is 16.9. The molecule has 0 aliphatic rings. The van der Waals surface area contributed by atoms with Crippen molar-refractivity contribution in [2.24, 2.45) is 0 Å². The summed E-state index contributed by atoms with van der Waals surface area (Å²) in [4.78, 5) is 0.338. The Morgan fingerprint density at radius 2 is 1.95 bits per heavy atom. The first-order chi connectivity index (χ1) is 9.55. The molecule has 0 bridgehead atoms. The van der Waals surface area contributed by atoms with Crippen molar-refractivity contribution in [2.75, 3.05) is 26.7 Å². The summed E-state index contributed by atoms with van der Waals surface area (Å²) < 4.78 is 32.3. The first-order valence-electron chi connectivity index (χ1n) is 6.92. The van der Waals surface area contributed by atoms with E-state index in [9.17, 15) is 8.42 Å². The van der Waals surface area contributed by atoms with Crippen molar-refractivity contribution in [3.63, 3.8) is 0 Å². The second-order valence-corrected chi connectivity index (χ2v) is 6.21. The summed E-state index contributed by atoms with van der Waals surface area (Å²) in [5, 5.41) is 3.20. The standard InChI is InChI=1S/C14H24N2O3S/c1-4-9-16-20(17,18)14-7-6-13(19-3)11-12(14)8-10-15-5-2/h6-7,11,15-16H,4-5,8-10H2,1-3H3. The number of hydrogen-bond acceptors (Lipinski definition) is 4. The maximum absolute atomic E-state index is 12.3. The predicted octanol–water partition coefficient (Wildman–Crippen LogP) is 1.54. The molecule has 0 aliphatic heterocycles. The summed E-state index contributed by atoms with van der Waals surface area (Å²) in [5.41, 5.74) is 0.772. The Hall–Kier alpha value is -1.11. The summed E-state index contributed by atoms with van der Waals surface area (Å²) in [6.07, 6.45) is 1.41. The second-order valence-electron chi connectivity index (χ2n) is 4.47. The van der Waals surface area contributed by atoms with Crippen LogP contribution in [-0.4, -0.2) is 35.2 Å². The van der Waals surface area contributed by atoms with Gasteiger partial charge in [0.05, 0.1) is 12.0 Å². The lowest BCUT2D eigenvalue weighted by atomic mass is 10.1. The highest BCUT2D eigenvalue weighted by atomic mass is 32.2. The van der Waals surface area contributed by atoms with Gasteiger partial charge in [0.15, 0.2) is 0 Å². The number of likely N-dealkylation sites (N-methyl/N-ethyl adjacent to an activating group) is 1. The van der Waals surface area contributed by atoms with Gasteiger partial charge in [0.25, 0.3) is 0 Å². The van der Waals surface area contributed by atoms with Crippen LogP contribution in [0, 0.1) is 0 Å². The van der Waals surface area contributed by atoms with Crippen LogP contribution in [0.25, 0.3) is 0 Å². The molecule has 1 rings (SSSR count). The lowest BCUT2D eigenvalue weighted by Gasteiger charge is -2.13. The molecule has 0 aliphatic carbocycles. The number of methoxy groups -OCH3 is 1. The molecule has 20 heavy (non-hydrogen) atoms. The van der Waals surface area contributed by atoms with Crippen LogP contribution in [0.3, 0.4) is 0 Å². The van der Waals surface area contributed by atoms with Crippen molar-refractivity contribution in [3.05, 3.63) is 23.8 Å². The molecule has 0 atom stereocenters. The third-order valence-electron chi connectivity index (χ3n) is 2.92. The second kappa shape index (κ2) is 8.24. The average Bonchev–Trinajstić information content (AvgIpc) is 2.45. The minimum Gasteiger partial charge on any atom is -0.497 e. The summed E-state index contributed by atoms with van der Waals surface area (Å²) in [7, 11) is -1.87. The van der Waals surface area contributed by atoms with Crippen LogP contribution in [0.15, 0.2) is 23.1 Å². The molecule has 1 aromatic rings. The van der Waals surface area contributed by atoms with E-state index in [0.29, 0.717) is 23.6 Å². The fourth-order valence-electron chi connectivity index (χ4n) is 1.85. The van der Waals surface area contributed by atoms with Gasteiger partial charge in [-0.2, -0.15) is 0 Å². The third-order valence-corrected chi connectivity index (χ3v) is 4.48. The van der Waals surface area contributed by atoms with Crippen LogP contribution in [-0.2, 0) is 16.4 Å². The number of rotatable bonds is 9. The molecule has 0 unspecified atom stereocenters. The van der Waals surface area contributed by atoms with Crippen LogP contribution < -0.4 is 14.8 Å². The number of benzene rings is 1. The minimum absolute atomic E-state index is 0.338. The molecule has 0 spiro atoms. The zero-order valence-corrected chi connectivity index (χ0v) is 13.2. The maximum atomic E-state index is 12.3. The summed E-state index contributed by atoms with van der Waals surface area (Å²) in [5.74, 6) is 0.672. The van der Waals surface area contributed by atoms with Crippen molar-refractivity contribution >= 4 is 10.0 Å². The van der Waals surface area contributed by atoms with Gasteiger partial charge in [0.2, 0.25) is 10.0 Å². The van der Waals surface area contributed by atoms with E-state index in [1.165, 1.54) is 0 Å². The summed E-state index contributed by atoms with van der Waals surface area (Å²) >= 11 is 0. The van der Waals surface area contributed by atoms with Gasteiger partial charge in [0.1, 0.15) is 5.75 Å². The van der Waals surface area contributed by atoms with E-state index in [-0.39, 0.29) is 0 Å². The van der Waals surface area contributed by atoms with Crippen LogP contribution in [0.4, 0.5) is 0 Å². The number of sulfonamides is 1. The van der Waals surface area contributed by atoms with Crippen molar-refractivity contribution in [1.82, 2.24) is 10.0 Å². The Bertz CT molecular complexity index is 515. The monoisotopic (exact) mass is 300 g/mol. The highest BCUT2D eigenvalue weighted by Gasteiger charge is 2.18. The maximum Gasteiger partial charge on any atom is 0.240 e. The molecule has 0 saturated carbocycles. The topological polar surface area (TPSA) is 67.4 Å². The van der Waals surface area contributed by atoms with Crippen LogP contribution >= 0.6 is 0 Å². The zero-order chi connectivity index (χ0) is 15.0. The molecular formula is C14H24N2O3S. The van der Waals surface area contributed by atoms with Crippen LogP contribution in [0.1, 0.15) is 25.8 Å². The molecule has 0 aromatic heterocycles. The molecule has 0 amide bonds. The van der Waals surface area contributed by atoms with Gasteiger partial charge >= 0.3 is 0 Å². The number of hydrogen-bond donors (Lipinski definition) is 2. The van der Waals surface area contributed by atoms with E-state index in [1.807, 2.05) is 13.8 Å². The fraction of sp³-hybridized carbons (Fsp3) is 0.571. The molecule has 6 heteroatoms. The van der Waals surface area contributed by atoms with E-state index in [2.05, 4.69) is 10.0 Å². The number of ether oxygens (including phenoxy) is 1. The van der Waals surface area contributed by atoms with E-state index >= 15 is 0 Å². The molecule has 0 fully saturated rings. The van der Waals surface area contributed by atoms with Gasteiger partial charge in [-0.15, -0.1) is 0 Å². The molecule has 0 saturated heterocycles. The van der Waals surface area contributed by atoms with Crippen molar-refractivity contribution < 1.29 is 13.2 Å². The van der Waals surface area contributed by atoms with Gasteiger partial charge < -0.3 is 10.1 Å². The Morgan fingerprint density at radius 1 is 1.20 bits per heavy atom. The lowest BCUT2D eigenvalue weighted by Crippen LogP contribution is -2.26. The van der Waals surface area contributed by atoms with Crippen LogP contribution in [0.5, 0.6) is 5.75 Å². The smallest absolute Gasteiger partial charge is 0.240 e. The molecule has 0 heterocycles. The molecule has 1 aromatic carbocycles.